The predicted octanol–water partition coefficient (Wildman–Crippen LogP) is 4.00. The van der Waals surface area contributed by atoms with E-state index in [1.165, 1.54) is 5.56 Å². The van der Waals surface area contributed by atoms with Crippen LogP contribution >= 0.6 is 11.6 Å². The highest BCUT2D eigenvalue weighted by Gasteiger charge is 2.17. The molecule has 1 amide bonds. The molecule has 2 aromatic carbocycles. The first-order valence-electron chi connectivity index (χ1n) is 7.98. The molecule has 0 bridgehead atoms. The number of nitrogens with one attached hydrogen (secondary N) is 1. The topological polar surface area (TPSA) is 47.6 Å². The second-order valence-corrected chi connectivity index (χ2v) is 5.86. The first kappa shape index (κ1) is 18.1. The third kappa shape index (κ3) is 5.78. The molecule has 0 saturated carbocycles. The molecule has 0 unspecified atom stereocenters. The zero-order valence-corrected chi connectivity index (χ0v) is 14.7. The molecule has 0 aromatic heterocycles. The second kappa shape index (κ2) is 9.18. The Hall–Kier alpha value is -2.20. The smallest absolute Gasteiger partial charge is 0.261 e. The molecule has 0 saturated heterocycles. The number of amides is 1. The standard InChI is InChI=1S/C19H22ClNO3/c1-3-18(24-17-10-6-15(20)7-11-17)19(22)21-12-13-23-16-8-4-14(2)5-9-16/h4-11,18H,3,12-13H2,1-2H3,(H,21,22)/t18-/m0/s1. The third-order valence-corrected chi connectivity index (χ3v) is 3.70. The van der Waals surface area contributed by atoms with Crippen molar-refractivity contribution >= 4 is 17.5 Å². The van der Waals surface area contributed by atoms with Crippen molar-refractivity contribution in [2.45, 2.75) is 26.4 Å². The predicted molar refractivity (Wildman–Crippen MR) is 95.8 cm³/mol. The lowest BCUT2D eigenvalue weighted by molar-refractivity contribution is -0.128. The first-order chi connectivity index (χ1) is 11.6. The van der Waals surface area contributed by atoms with Crippen LogP contribution in [0.1, 0.15) is 18.9 Å². The van der Waals surface area contributed by atoms with E-state index in [-0.39, 0.29) is 5.91 Å². The van der Waals surface area contributed by atoms with Crippen molar-refractivity contribution < 1.29 is 14.3 Å². The van der Waals surface area contributed by atoms with Crippen molar-refractivity contribution in [1.82, 2.24) is 5.32 Å². The van der Waals surface area contributed by atoms with Crippen molar-refractivity contribution in [2.24, 2.45) is 0 Å². The summed E-state index contributed by atoms with van der Waals surface area (Å²) in [6.45, 7) is 4.76. The van der Waals surface area contributed by atoms with Gasteiger partial charge in [-0.15, -0.1) is 0 Å². The van der Waals surface area contributed by atoms with E-state index in [9.17, 15) is 4.79 Å². The maximum Gasteiger partial charge on any atom is 0.261 e. The largest absolute Gasteiger partial charge is 0.492 e. The summed E-state index contributed by atoms with van der Waals surface area (Å²) in [5.74, 6) is 1.26. The van der Waals surface area contributed by atoms with Crippen LogP contribution in [0.4, 0.5) is 0 Å². The lowest BCUT2D eigenvalue weighted by Gasteiger charge is -2.17. The summed E-state index contributed by atoms with van der Waals surface area (Å²) in [6.07, 6.45) is 0.0401. The second-order valence-electron chi connectivity index (χ2n) is 5.42. The Morgan fingerprint density at radius 2 is 1.71 bits per heavy atom. The van der Waals surface area contributed by atoms with Gasteiger partial charge in [-0.05, 0) is 49.7 Å². The zero-order chi connectivity index (χ0) is 17.4. The Bertz CT molecular complexity index is 641. The average Bonchev–Trinajstić information content (AvgIpc) is 2.59. The van der Waals surface area contributed by atoms with Crippen molar-refractivity contribution in [1.29, 1.82) is 0 Å². The van der Waals surface area contributed by atoms with Crippen LogP contribution in [0.25, 0.3) is 0 Å². The van der Waals surface area contributed by atoms with Gasteiger partial charge in [0.2, 0.25) is 0 Å². The number of aryl methyl sites for hydroxylation is 1. The summed E-state index contributed by atoms with van der Waals surface area (Å²) >= 11 is 5.84. The molecule has 0 fully saturated rings. The Balaban J connectivity index is 1.75. The molecule has 0 aliphatic heterocycles. The van der Waals surface area contributed by atoms with Gasteiger partial charge < -0.3 is 14.8 Å². The summed E-state index contributed by atoms with van der Waals surface area (Å²) in [6, 6.07) is 14.8. The number of hydrogen-bond acceptors (Lipinski definition) is 3. The monoisotopic (exact) mass is 347 g/mol. The number of ether oxygens (including phenoxy) is 2. The minimum Gasteiger partial charge on any atom is -0.492 e. The molecule has 5 heteroatoms. The van der Waals surface area contributed by atoms with Crippen molar-refractivity contribution in [3.8, 4) is 11.5 Å². The number of rotatable bonds is 8. The van der Waals surface area contributed by atoms with Gasteiger partial charge in [0.25, 0.3) is 5.91 Å². The van der Waals surface area contributed by atoms with Gasteiger partial charge in [-0.3, -0.25) is 4.79 Å². The number of carbonyl (C=O) groups excluding carboxylic acids is 1. The highest BCUT2D eigenvalue weighted by molar-refractivity contribution is 6.30. The summed E-state index contributed by atoms with van der Waals surface area (Å²) in [5, 5.41) is 3.46. The van der Waals surface area contributed by atoms with E-state index in [2.05, 4.69) is 5.32 Å². The minimum atomic E-state index is -0.537. The highest BCUT2D eigenvalue weighted by Crippen LogP contribution is 2.17. The van der Waals surface area contributed by atoms with Crippen LogP contribution in [0.5, 0.6) is 11.5 Å². The molecule has 0 radical (unpaired) electrons. The van der Waals surface area contributed by atoms with Gasteiger partial charge in [0, 0.05) is 5.02 Å². The van der Waals surface area contributed by atoms with Crippen LogP contribution in [0.3, 0.4) is 0 Å². The minimum absolute atomic E-state index is 0.153. The lowest BCUT2D eigenvalue weighted by Crippen LogP contribution is -2.39. The van der Waals surface area contributed by atoms with Crippen LogP contribution < -0.4 is 14.8 Å². The van der Waals surface area contributed by atoms with Gasteiger partial charge >= 0.3 is 0 Å². The van der Waals surface area contributed by atoms with E-state index in [1.807, 2.05) is 38.1 Å². The Morgan fingerprint density at radius 3 is 2.33 bits per heavy atom. The number of halogens is 1. The highest BCUT2D eigenvalue weighted by atomic mass is 35.5. The fraction of sp³-hybridized carbons (Fsp3) is 0.316. The third-order valence-electron chi connectivity index (χ3n) is 3.45. The summed E-state index contributed by atoms with van der Waals surface area (Å²) < 4.78 is 11.3. The van der Waals surface area contributed by atoms with Gasteiger partial charge in [0.05, 0.1) is 6.54 Å². The summed E-state index contributed by atoms with van der Waals surface area (Å²) in [4.78, 5) is 12.2. The number of carbonyl (C=O) groups is 1. The molecule has 0 aliphatic rings. The molecule has 4 nitrogen and oxygen atoms in total. The van der Waals surface area contributed by atoms with Crippen molar-refractivity contribution in [3.63, 3.8) is 0 Å². The van der Waals surface area contributed by atoms with Gasteiger partial charge in [0.15, 0.2) is 6.10 Å². The van der Waals surface area contributed by atoms with Crippen molar-refractivity contribution in [3.05, 3.63) is 59.1 Å². The SMILES string of the molecule is CC[C@H](Oc1ccc(Cl)cc1)C(=O)NCCOc1ccc(C)cc1. The molecule has 24 heavy (non-hydrogen) atoms. The van der Waals surface area contributed by atoms with Crippen LogP contribution in [0, 0.1) is 6.92 Å². The van der Waals surface area contributed by atoms with Crippen LogP contribution in [-0.4, -0.2) is 25.2 Å². The van der Waals surface area contributed by atoms with Gasteiger partial charge in [-0.25, -0.2) is 0 Å². The first-order valence-corrected chi connectivity index (χ1v) is 8.35. The maximum absolute atomic E-state index is 12.2. The van der Waals surface area contributed by atoms with E-state index in [0.29, 0.717) is 30.3 Å². The molecule has 2 rings (SSSR count). The zero-order valence-electron chi connectivity index (χ0n) is 13.9. The Kier molecular flexibility index (Phi) is 6.94. The van der Waals surface area contributed by atoms with Crippen molar-refractivity contribution in [2.75, 3.05) is 13.2 Å². The van der Waals surface area contributed by atoms with E-state index in [0.717, 1.165) is 5.75 Å². The fourth-order valence-corrected chi connectivity index (χ4v) is 2.22. The molecule has 128 valence electrons. The van der Waals surface area contributed by atoms with Gasteiger partial charge in [-0.1, -0.05) is 36.2 Å². The fourth-order valence-electron chi connectivity index (χ4n) is 2.09. The average molecular weight is 348 g/mol. The Morgan fingerprint density at radius 1 is 1.08 bits per heavy atom. The van der Waals surface area contributed by atoms with E-state index in [1.54, 1.807) is 24.3 Å². The Labute approximate surface area is 147 Å². The lowest BCUT2D eigenvalue weighted by atomic mass is 10.2. The quantitative estimate of drug-likeness (QED) is 0.734. The molecule has 0 aliphatic carbocycles. The molecular formula is C19H22ClNO3. The summed E-state index contributed by atoms with van der Waals surface area (Å²) in [5.41, 5.74) is 1.18. The normalized spacial score (nSPS) is 11.6. The molecule has 2 aromatic rings. The van der Waals surface area contributed by atoms with Crippen LogP contribution in [-0.2, 0) is 4.79 Å². The van der Waals surface area contributed by atoms with E-state index < -0.39 is 6.10 Å². The molecular weight excluding hydrogens is 326 g/mol. The van der Waals surface area contributed by atoms with Crippen LogP contribution in [0.2, 0.25) is 5.02 Å². The molecule has 1 atom stereocenters. The molecule has 0 heterocycles. The van der Waals surface area contributed by atoms with Gasteiger partial charge in [-0.2, -0.15) is 0 Å². The maximum atomic E-state index is 12.2. The summed E-state index contributed by atoms with van der Waals surface area (Å²) in [7, 11) is 0. The van der Waals surface area contributed by atoms with Crippen LogP contribution in [0.15, 0.2) is 48.5 Å². The van der Waals surface area contributed by atoms with E-state index in [4.69, 9.17) is 21.1 Å². The molecule has 0 spiro atoms. The van der Waals surface area contributed by atoms with E-state index >= 15 is 0 Å². The van der Waals surface area contributed by atoms with Gasteiger partial charge in [0.1, 0.15) is 18.1 Å². The number of hydrogen-bond donors (Lipinski definition) is 1. The molecule has 1 N–H and O–H groups in total. The number of benzene rings is 2.